The van der Waals surface area contributed by atoms with Gasteiger partial charge in [-0.15, -0.1) is 11.3 Å². The van der Waals surface area contributed by atoms with Gasteiger partial charge in [0, 0.05) is 35.5 Å². The number of benzene rings is 1. The van der Waals surface area contributed by atoms with Crippen molar-refractivity contribution in [2.24, 2.45) is 0 Å². The summed E-state index contributed by atoms with van der Waals surface area (Å²) in [5.41, 5.74) is 2.26. The Bertz CT molecular complexity index is 890. The summed E-state index contributed by atoms with van der Waals surface area (Å²) in [5, 5.41) is 5.28. The number of carbonyl (C=O) groups excluding carboxylic acids is 1. The van der Waals surface area contributed by atoms with Gasteiger partial charge in [-0.05, 0) is 49.2 Å². The Morgan fingerprint density at radius 3 is 2.93 bits per heavy atom. The summed E-state index contributed by atoms with van der Waals surface area (Å²) in [6.45, 7) is 1.36. The maximum absolute atomic E-state index is 12.4. The first-order valence-corrected chi connectivity index (χ1v) is 9.67. The molecule has 2 aromatic heterocycles. The lowest BCUT2D eigenvalue weighted by Crippen LogP contribution is -2.16. The normalized spacial score (nSPS) is 16.2. The van der Waals surface area contributed by atoms with Crippen LogP contribution in [0.25, 0.3) is 11.3 Å². The van der Waals surface area contributed by atoms with E-state index in [0.717, 1.165) is 36.5 Å². The molecule has 7 heteroatoms. The van der Waals surface area contributed by atoms with Crippen molar-refractivity contribution in [2.75, 3.05) is 18.5 Å². The Morgan fingerprint density at radius 1 is 1.30 bits per heavy atom. The highest BCUT2D eigenvalue weighted by Crippen LogP contribution is 2.24. The van der Waals surface area contributed by atoms with Crippen LogP contribution in [0.15, 0.2) is 54.2 Å². The molecule has 1 saturated heterocycles. The third kappa shape index (κ3) is 4.50. The van der Waals surface area contributed by atoms with Crippen LogP contribution in [0.4, 0.5) is 5.13 Å². The number of nitrogens with zero attached hydrogens (tertiary/aromatic N) is 2. The molecule has 1 aliphatic heterocycles. The second kappa shape index (κ2) is 8.28. The zero-order chi connectivity index (χ0) is 18.5. The SMILES string of the molecule is O=C(Nc1nc(-c2cccnc2)cs1)c1ccc(OCC2CCCO2)cc1. The van der Waals surface area contributed by atoms with Gasteiger partial charge in [0.2, 0.25) is 0 Å². The van der Waals surface area contributed by atoms with Gasteiger partial charge >= 0.3 is 0 Å². The quantitative estimate of drug-likeness (QED) is 0.698. The maximum Gasteiger partial charge on any atom is 0.257 e. The van der Waals surface area contributed by atoms with Crippen LogP contribution in [0.2, 0.25) is 0 Å². The van der Waals surface area contributed by atoms with Gasteiger partial charge in [-0.3, -0.25) is 15.1 Å². The van der Waals surface area contributed by atoms with E-state index in [2.05, 4.69) is 15.3 Å². The lowest BCUT2D eigenvalue weighted by Gasteiger charge is -2.11. The van der Waals surface area contributed by atoms with Crippen molar-refractivity contribution in [3.8, 4) is 17.0 Å². The molecule has 3 aromatic rings. The largest absolute Gasteiger partial charge is 0.491 e. The molecular formula is C20H19N3O3S. The smallest absolute Gasteiger partial charge is 0.257 e. The number of ether oxygens (including phenoxy) is 2. The third-order valence-electron chi connectivity index (χ3n) is 4.26. The zero-order valence-electron chi connectivity index (χ0n) is 14.6. The van der Waals surface area contributed by atoms with E-state index in [1.807, 2.05) is 17.5 Å². The minimum atomic E-state index is -0.201. The predicted molar refractivity (Wildman–Crippen MR) is 104 cm³/mol. The minimum absolute atomic E-state index is 0.173. The van der Waals surface area contributed by atoms with Gasteiger partial charge in [0.15, 0.2) is 5.13 Å². The highest BCUT2D eigenvalue weighted by atomic mass is 32.1. The topological polar surface area (TPSA) is 73.3 Å². The fourth-order valence-corrected chi connectivity index (χ4v) is 3.53. The monoisotopic (exact) mass is 381 g/mol. The fourth-order valence-electron chi connectivity index (χ4n) is 2.81. The highest BCUT2D eigenvalue weighted by Gasteiger charge is 2.16. The van der Waals surface area contributed by atoms with Gasteiger partial charge in [-0.1, -0.05) is 0 Å². The molecule has 1 aromatic carbocycles. The molecule has 138 valence electrons. The first-order chi connectivity index (χ1) is 13.3. The van der Waals surface area contributed by atoms with Crippen molar-refractivity contribution in [2.45, 2.75) is 18.9 Å². The molecule has 0 bridgehead atoms. The summed E-state index contributed by atoms with van der Waals surface area (Å²) in [7, 11) is 0. The van der Waals surface area contributed by atoms with Crippen molar-refractivity contribution in [3.05, 3.63) is 59.7 Å². The molecule has 1 N–H and O–H groups in total. The average molecular weight is 381 g/mol. The fraction of sp³-hybridized carbons (Fsp3) is 0.250. The van der Waals surface area contributed by atoms with E-state index in [1.165, 1.54) is 11.3 Å². The average Bonchev–Trinajstić information content (AvgIpc) is 3.39. The lowest BCUT2D eigenvalue weighted by molar-refractivity contribution is 0.0679. The van der Waals surface area contributed by atoms with Gasteiger partial charge in [-0.2, -0.15) is 0 Å². The summed E-state index contributed by atoms with van der Waals surface area (Å²) in [5.74, 6) is 0.530. The number of pyridine rings is 1. The molecular weight excluding hydrogens is 362 g/mol. The van der Waals surface area contributed by atoms with E-state index in [0.29, 0.717) is 17.3 Å². The Kier molecular flexibility index (Phi) is 5.41. The highest BCUT2D eigenvalue weighted by molar-refractivity contribution is 7.14. The first-order valence-electron chi connectivity index (χ1n) is 8.80. The van der Waals surface area contributed by atoms with Crippen LogP contribution in [0.5, 0.6) is 5.75 Å². The van der Waals surface area contributed by atoms with Crippen molar-refractivity contribution in [1.29, 1.82) is 0 Å². The summed E-state index contributed by atoms with van der Waals surface area (Å²) in [6.07, 6.45) is 5.76. The summed E-state index contributed by atoms with van der Waals surface area (Å²) >= 11 is 1.38. The van der Waals surface area contributed by atoms with Crippen molar-refractivity contribution >= 4 is 22.4 Å². The third-order valence-corrected chi connectivity index (χ3v) is 5.02. The minimum Gasteiger partial charge on any atom is -0.491 e. The van der Waals surface area contributed by atoms with E-state index in [-0.39, 0.29) is 12.0 Å². The molecule has 1 amide bonds. The number of amides is 1. The molecule has 4 rings (SSSR count). The molecule has 6 nitrogen and oxygen atoms in total. The van der Waals surface area contributed by atoms with Crippen LogP contribution >= 0.6 is 11.3 Å². The summed E-state index contributed by atoms with van der Waals surface area (Å²) in [6, 6.07) is 10.9. The Morgan fingerprint density at radius 2 is 2.19 bits per heavy atom. The molecule has 1 unspecified atom stereocenters. The lowest BCUT2D eigenvalue weighted by atomic mass is 10.2. The first kappa shape index (κ1) is 17.6. The second-order valence-corrected chi connectivity index (χ2v) is 7.06. The Labute approximate surface area is 161 Å². The predicted octanol–water partition coefficient (Wildman–Crippen LogP) is 4.02. The second-order valence-electron chi connectivity index (χ2n) is 6.20. The van der Waals surface area contributed by atoms with Crippen LogP contribution < -0.4 is 10.1 Å². The van der Waals surface area contributed by atoms with Crippen LogP contribution in [-0.2, 0) is 4.74 Å². The van der Waals surface area contributed by atoms with Gasteiger partial charge in [0.25, 0.3) is 5.91 Å². The molecule has 1 fully saturated rings. The number of aromatic nitrogens is 2. The number of hydrogen-bond acceptors (Lipinski definition) is 6. The molecule has 0 saturated carbocycles. The molecule has 0 spiro atoms. The Balaban J connectivity index is 1.35. The Hall–Kier alpha value is -2.77. The number of rotatable bonds is 6. The number of anilines is 1. The van der Waals surface area contributed by atoms with Crippen molar-refractivity contribution in [1.82, 2.24) is 9.97 Å². The maximum atomic E-state index is 12.4. The summed E-state index contributed by atoms with van der Waals surface area (Å²) < 4.78 is 11.3. The zero-order valence-corrected chi connectivity index (χ0v) is 15.4. The van der Waals surface area contributed by atoms with Gasteiger partial charge in [0.1, 0.15) is 12.4 Å². The molecule has 1 aliphatic rings. The van der Waals surface area contributed by atoms with E-state index in [1.54, 1.807) is 36.7 Å². The van der Waals surface area contributed by atoms with E-state index >= 15 is 0 Å². The molecule has 3 heterocycles. The van der Waals surface area contributed by atoms with E-state index in [4.69, 9.17) is 9.47 Å². The van der Waals surface area contributed by atoms with Crippen molar-refractivity contribution < 1.29 is 14.3 Å². The van der Waals surface area contributed by atoms with Crippen molar-refractivity contribution in [3.63, 3.8) is 0 Å². The van der Waals surface area contributed by atoms with Crippen LogP contribution in [0, 0.1) is 0 Å². The van der Waals surface area contributed by atoms with Gasteiger partial charge < -0.3 is 9.47 Å². The molecule has 1 atom stereocenters. The number of hydrogen-bond donors (Lipinski definition) is 1. The van der Waals surface area contributed by atoms with Gasteiger partial charge in [-0.25, -0.2) is 4.98 Å². The number of carbonyl (C=O) groups is 1. The number of nitrogens with one attached hydrogen (secondary N) is 1. The van der Waals surface area contributed by atoms with E-state index < -0.39 is 0 Å². The van der Waals surface area contributed by atoms with Crippen LogP contribution in [0.3, 0.4) is 0 Å². The standard InChI is InChI=1S/C20H19N3O3S/c24-19(23-20-22-18(13-27-20)15-3-1-9-21-11-15)14-5-7-16(8-6-14)26-12-17-4-2-10-25-17/h1,3,5-9,11,13,17H,2,4,10,12H2,(H,22,23,24). The van der Waals surface area contributed by atoms with Gasteiger partial charge in [0.05, 0.1) is 11.8 Å². The molecule has 0 aliphatic carbocycles. The summed E-state index contributed by atoms with van der Waals surface area (Å²) in [4.78, 5) is 21.0. The van der Waals surface area contributed by atoms with Crippen LogP contribution in [0.1, 0.15) is 23.2 Å². The molecule has 0 radical (unpaired) electrons. The van der Waals surface area contributed by atoms with E-state index in [9.17, 15) is 4.79 Å². The van der Waals surface area contributed by atoms with Crippen LogP contribution in [-0.4, -0.2) is 35.2 Å². The molecule has 27 heavy (non-hydrogen) atoms. The number of thiazole rings is 1.